The molecule has 2 heterocycles. The molecule has 1 aliphatic heterocycles. The van der Waals surface area contributed by atoms with Crippen LogP contribution in [0.2, 0.25) is 0 Å². The minimum Gasteiger partial charge on any atom is -0.355 e. The Labute approximate surface area is 178 Å². The summed E-state index contributed by atoms with van der Waals surface area (Å²) < 4.78 is 2.13. The summed E-state index contributed by atoms with van der Waals surface area (Å²) in [6, 6.07) is 18.7. The summed E-state index contributed by atoms with van der Waals surface area (Å²) >= 11 is 0. The molecule has 6 heteroatoms. The van der Waals surface area contributed by atoms with Gasteiger partial charge in [-0.1, -0.05) is 48.0 Å². The van der Waals surface area contributed by atoms with Crippen LogP contribution in [0.25, 0.3) is 5.69 Å². The molecule has 156 valence electrons. The number of hydrogen-bond donors (Lipinski definition) is 1. The van der Waals surface area contributed by atoms with Gasteiger partial charge in [0, 0.05) is 50.8 Å². The predicted octanol–water partition coefficient (Wildman–Crippen LogP) is 2.66. The molecule has 0 saturated carbocycles. The number of carbonyl (C=O) groups excluding carboxylic acids is 1. The van der Waals surface area contributed by atoms with E-state index in [4.69, 9.17) is 0 Å². The van der Waals surface area contributed by atoms with Crippen LogP contribution in [0.5, 0.6) is 0 Å². The van der Waals surface area contributed by atoms with Crippen molar-refractivity contribution in [3.63, 3.8) is 0 Å². The standard InChI is InChI=1S/C24H29N5O/c1-20-7-9-22(10-8-20)29-14-13-26-24(29)28-17-15-27(16-18-28)19-23(30)25-12-11-21-5-3-2-4-6-21/h2-10,13-14H,11-12,15-19H2,1H3,(H,25,30). The highest BCUT2D eigenvalue weighted by atomic mass is 16.2. The number of benzene rings is 2. The van der Waals surface area contributed by atoms with Crippen LogP contribution in [0.1, 0.15) is 11.1 Å². The van der Waals surface area contributed by atoms with Crippen molar-refractivity contribution in [3.05, 3.63) is 78.1 Å². The van der Waals surface area contributed by atoms with Gasteiger partial charge < -0.3 is 10.2 Å². The topological polar surface area (TPSA) is 53.4 Å². The lowest BCUT2D eigenvalue weighted by Crippen LogP contribution is -2.50. The molecule has 1 aliphatic rings. The molecule has 30 heavy (non-hydrogen) atoms. The predicted molar refractivity (Wildman–Crippen MR) is 120 cm³/mol. The highest BCUT2D eigenvalue weighted by molar-refractivity contribution is 5.78. The molecule has 1 N–H and O–H groups in total. The van der Waals surface area contributed by atoms with Gasteiger partial charge in [-0.25, -0.2) is 4.98 Å². The summed E-state index contributed by atoms with van der Waals surface area (Å²) in [5, 5.41) is 3.04. The van der Waals surface area contributed by atoms with E-state index in [-0.39, 0.29) is 5.91 Å². The van der Waals surface area contributed by atoms with Crippen LogP contribution >= 0.6 is 0 Å². The molecule has 0 atom stereocenters. The summed E-state index contributed by atoms with van der Waals surface area (Å²) in [6.07, 6.45) is 4.72. The lowest BCUT2D eigenvalue weighted by atomic mass is 10.1. The number of anilines is 1. The Hall–Kier alpha value is -3.12. The number of nitrogens with one attached hydrogen (secondary N) is 1. The summed E-state index contributed by atoms with van der Waals surface area (Å²) in [4.78, 5) is 21.4. The molecule has 0 spiro atoms. The molecule has 3 aromatic rings. The molecular weight excluding hydrogens is 374 g/mol. The number of imidazole rings is 1. The van der Waals surface area contributed by atoms with Gasteiger partial charge in [0.15, 0.2) is 0 Å². The first-order valence-corrected chi connectivity index (χ1v) is 10.6. The SMILES string of the molecule is Cc1ccc(-n2ccnc2N2CCN(CC(=O)NCCc3ccccc3)CC2)cc1. The van der Waals surface area contributed by atoms with Crippen LogP contribution in [0.3, 0.4) is 0 Å². The molecule has 1 saturated heterocycles. The number of rotatable bonds is 7. The van der Waals surface area contributed by atoms with Gasteiger partial charge in [-0.3, -0.25) is 14.3 Å². The Bertz CT molecular complexity index is 943. The fourth-order valence-corrected chi connectivity index (χ4v) is 3.79. The van der Waals surface area contributed by atoms with Gasteiger partial charge in [0.05, 0.1) is 6.54 Å². The number of aryl methyl sites for hydroxylation is 1. The molecule has 0 bridgehead atoms. The minimum absolute atomic E-state index is 0.0977. The zero-order chi connectivity index (χ0) is 20.8. The number of piperazine rings is 1. The Morgan fingerprint density at radius 2 is 1.73 bits per heavy atom. The zero-order valence-corrected chi connectivity index (χ0v) is 17.5. The van der Waals surface area contributed by atoms with Gasteiger partial charge in [-0.05, 0) is 31.0 Å². The second-order valence-corrected chi connectivity index (χ2v) is 7.78. The van der Waals surface area contributed by atoms with Gasteiger partial charge in [0.1, 0.15) is 0 Å². The fourth-order valence-electron chi connectivity index (χ4n) is 3.79. The van der Waals surface area contributed by atoms with E-state index in [1.807, 2.05) is 30.6 Å². The van der Waals surface area contributed by atoms with E-state index in [9.17, 15) is 4.79 Å². The van der Waals surface area contributed by atoms with Gasteiger partial charge >= 0.3 is 0 Å². The average Bonchev–Trinajstić information content (AvgIpc) is 3.25. The van der Waals surface area contributed by atoms with Crippen molar-refractivity contribution >= 4 is 11.9 Å². The van der Waals surface area contributed by atoms with E-state index in [0.717, 1.165) is 44.2 Å². The molecular formula is C24H29N5O. The number of aromatic nitrogens is 2. The molecule has 4 rings (SSSR count). The number of hydrogen-bond acceptors (Lipinski definition) is 4. The Kier molecular flexibility index (Phi) is 6.44. The van der Waals surface area contributed by atoms with Crippen molar-refractivity contribution in [1.82, 2.24) is 19.8 Å². The summed E-state index contributed by atoms with van der Waals surface area (Å²) in [6.45, 7) is 6.65. The van der Waals surface area contributed by atoms with E-state index in [1.54, 1.807) is 0 Å². The second kappa shape index (κ2) is 9.59. The molecule has 0 unspecified atom stereocenters. The molecule has 1 amide bonds. The van der Waals surface area contributed by atoms with E-state index in [1.165, 1.54) is 11.1 Å². The maximum absolute atomic E-state index is 12.3. The van der Waals surface area contributed by atoms with Gasteiger partial charge in [0.25, 0.3) is 0 Å². The number of carbonyl (C=O) groups is 1. The lowest BCUT2D eigenvalue weighted by Gasteiger charge is -2.35. The van der Waals surface area contributed by atoms with Crippen LogP contribution in [0.4, 0.5) is 5.95 Å². The lowest BCUT2D eigenvalue weighted by molar-refractivity contribution is -0.122. The normalized spacial score (nSPS) is 14.6. The Morgan fingerprint density at radius 1 is 1.00 bits per heavy atom. The Morgan fingerprint density at radius 3 is 2.47 bits per heavy atom. The van der Waals surface area contributed by atoms with Crippen LogP contribution in [0.15, 0.2) is 67.0 Å². The minimum atomic E-state index is 0.0977. The van der Waals surface area contributed by atoms with E-state index >= 15 is 0 Å². The molecule has 0 aliphatic carbocycles. The summed E-state index contributed by atoms with van der Waals surface area (Å²) in [5.74, 6) is 1.06. The molecule has 2 aromatic carbocycles. The van der Waals surface area contributed by atoms with Crippen LogP contribution in [-0.4, -0.2) is 59.6 Å². The first-order valence-electron chi connectivity index (χ1n) is 10.6. The molecule has 1 fully saturated rings. The third kappa shape index (κ3) is 5.07. The van der Waals surface area contributed by atoms with Crippen molar-refractivity contribution in [2.45, 2.75) is 13.3 Å². The van der Waals surface area contributed by atoms with E-state index in [0.29, 0.717) is 13.1 Å². The summed E-state index contributed by atoms with van der Waals surface area (Å²) in [5.41, 5.74) is 3.61. The fraction of sp³-hybridized carbons (Fsp3) is 0.333. The van der Waals surface area contributed by atoms with E-state index in [2.05, 4.69) is 68.0 Å². The summed E-state index contributed by atoms with van der Waals surface area (Å²) in [7, 11) is 0. The van der Waals surface area contributed by atoms with Crippen molar-refractivity contribution in [2.75, 3.05) is 44.2 Å². The maximum atomic E-state index is 12.3. The van der Waals surface area contributed by atoms with Crippen molar-refractivity contribution in [2.24, 2.45) is 0 Å². The number of amides is 1. The quantitative estimate of drug-likeness (QED) is 0.659. The molecule has 1 aromatic heterocycles. The highest BCUT2D eigenvalue weighted by Crippen LogP contribution is 2.20. The smallest absolute Gasteiger partial charge is 0.234 e. The monoisotopic (exact) mass is 403 g/mol. The third-order valence-corrected chi connectivity index (χ3v) is 5.53. The zero-order valence-electron chi connectivity index (χ0n) is 17.5. The maximum Gasteiger partial charge on any atom is 0.234 e. The largest absolute Gasteiger partial charge is 0.355 e. The Balaban J connectivity index is 1.25. The molecule has 0 radical (unpaired) electrons. The van der Waals surface area contributed by atoms with Crippen LogP contribution < -0.4 is 10.2 Å². The first kappa shape index (κ1) is 20.2. The van der Waals surface area contributed by atoms with Crippen molar-refractivity contribution in [3.8, 4) is 5.69 Å². The first-order chi connectivity index (χ1) is 14.7. The van der Waals surface area contributed by atoms with Crippen molar-refractivity contribution in [1.29, 1.82) is 0 Å². The highest BCUT2D eigenvalue weighted by Gasteiger charge is 2.22. The second-order valence-electron chi connectivity index (χ2n) is 7.78. The van der Waals surface area contributed by atoms with Gasteiger partial charge in [-0.15, -0.1) is 0 Å². The number of nitrogens with zero attached hydrogens (tertiary/aromatic N) is 4. The van der Waals surface area contributed by atoms with Crippen molar-refractivity contribution < 1.29 is 4.79 Å². The van der Waals surface area contributed by atoms with Gasteiger partial charge in [-0.2, -0.15) is 0 Å². The van der Waals surface area contributed by atoms with Gasteiger partial charge in [0.2, 0.25) is 11.9 Å². The average molecular weight is 404 g/mol. The third-order valence-electron chi connectivity index (χ3n) is 5.53. The van der Waals surface area contributed by atoms with Crippen LogP contribution in [0, 0.1) is 6.92 Å². The van der Waals surface area contributed by atoms with Crippen LogP contribution in [-0.2, 0) is 11.2 Å². The molecule has 6 nitrogen and oxygen atoms in total. The van der Waals surface area contributed by atoms with E-state index < -0.39 is 0 Å².